The molecule has 0 radical (unpaired) electrons. The van der Waals surface area contributed by atoms with Gasteiger partial charge in [-0.05, 0) is 49.6 Å². The predicted octanol–water partition coefficient (Wildman–Crippen LogP) is 3.58. The summed E-state index contributed by atoms with van der Waals surface area (Å²) in [6.45, 7) is 1.42. The molecule has 0 spiro atoms. The largest absolute Gasteiger partial charge is 0.352 e. The van der Waals surface area contributed by atoms with Crippen molar-refractivity contribution in [2.75, 3.05) is 17.1 Å². The molecule has 7 nitrogen and oxygen atoms in total. The lowest BCUT2D eigenvalue weighted by Gasteiger charge is -2.32. The van der Waals surface area contributed by atoms with Crippen LogP contribution in [0.2, 0.25) is 5.02 Å². The fraction of sp³-hybridized carbons (Fsp3) is 0.417. The number of nitrogens with one attached hydrogen (secondary N) is 1. The maximum absolute atomic E-state index is 13.4. The minimum absolute atomic E-state index is 0.115. The summed E-state index contributed by atoms with van der Waals surface area (Å²) >= 11 is 5.99. The lowest BCUT2D eigenvalue weighted by molar-refractivity contribution is -0.139. The molecule has 1 atom stereocenters. The van der Waals surface area contributed by atoms with Crippen LogP contribution in [0.1, 0.15) is 38.2 Å². The van der Waals surface area contributed by atoms with Crippen LogP contribution in [0.15, 0.2) is 54.6 Å². The smallest absolute Gasteiger partial charge is 0.244 e. The molecule has 0 unspecified atom stereocenters. The summed E-state index contributed by atoms with van der Waals surface area (Å²) in [5.74, 6) is -0.705. The Hall–Kier alpha value is -2.58. The quantitative estimate of drug-likeness (QED) is 0.580. The molecule has 0 aromatic heterocycles. The highest BCUT2D eigenvalue weighted by atomic mass is 35.5. The average Bonchev–Trinajstić information content (AvgIpc) is 3.29. The Morgan fingerprint density at radius 2 is 1.67 bits per heavy atom. The number of rotatable bonds is 9. The van der Waals surface area contributed by atoms with Crippen molar-refractivity contribution < 1.29 is 18.0 Å². The minimum atomic E-state index is -3.72. The molecular formula is C24H30ClN3O4S. The topological polar surface area (TPSA) is 86.8 Å². The molecule has 1 aliphatic rings. The van der Waals surface area contributed by atoms with Gasteiger partial charge in [-0.3, -0.25) is 13.9 Å². The molecule has 178 valence electrons. The van der Waals surface area contributed by atoms with Crippen LogP contribution >= 0.6 is 11.6 Å². The Morgan fingerprint density at radius 3 is 2.24 bits per heavy atom. The van der Waals surface area contributed by atoms with Crippen LogP contribution in [0.3, 0.4) is 0 Å². The van der Waals surface area contributed by atoms with Crippen molar-refractivity contribution in [3.63, 3.8) is 0 Å². The van der Waals surface area contributed by atoms with Crippen molar-refractivity contribution in [2.24, 2.45) is 0 Å². The lowest BCUT2D eigenvalue weighted by atomic mass is 10.1. The van der Waals surface area contributed by atoms with Crippen molar-refractivity contribution in [3.8, 4) is 0 Å². The molecule has 2 aromatic rings. The van der Waals surface area contributed by atoms with E-state index in [1.807, 2.05) is 0 Å². The molecule has 1 saturated carbocycles. The zero-order valence-electron chi connectivity index (χ0n) is 18.9. The van der Waals surface area contributed by atoms with Crippen molar-refractivity contribution in [1.29, 1.82) is 0 Å². The van der Waals surface area contributed by atoms with Gasteiger partial charge in [-0.15, -0.1) is 0 Å². The van der Waals surface area contributed by atoms with Crippen LogP contribution in [-0.4, -0.2) is 50.0 Å². The normalized spacial score (nSPS) is 15.1. The summed E-state index contributed by atoms with van der Waals surface area (Å²) < 4.78 is 26.0. The first-order chi connectivity index (χ1) is 15.6. The van der Waals surface area contributed by atoms with E-state index in [0.29, 0.717) is 10.7 Å². The number of hydrogen-bond donors (Lipinski definition) is 1. The van der Waals surface area contributed by atoms with E-state index in [4.69, 9.17) is 11.6 Å². The van der Waals surface area contributed by atoms with E-state index in [-0.39, 0.29) is 18.5 Å². The zero-order chi connectivity index (χ0) is 24.0. The van der Waals surface area contributed by atoms with Gasteiger partial charge in [0.05, 0.1) is 11.9 Å². The Labute approximate surface area is 200 Å². The number of benzene rings is 2. The first-order valence-corrected chi connectivity index (χ1v) is 13.2. The van der Waals surface area contributed by atoms with Crippen molar-refractivity contribution in [3.05, 3.63) is 65.2 Å². The Bertz CT molecular complexity index is 1050. The number of anilines is 1. The van der Waals surface area contributed by atoms with Crippen LogP contribution in [0.5, 0.6) is 0 Å². The third-order valence-corrected chi connectivity index (χ3v) is 7.25. The molecule has 0 heterocycles. The van der Waals surface area contributed by atoms with Crippen LogP contribution in [0.25, 0.3) is 0 Å². The van der Waals surface area contributed by atoms with Gasteiger partial charge in [-0.25, -0.2) is 8.42 Å². The first-order valence-electron chi connectivity index (χ1n) is 11.0. The Balaban J connectivity index is 1.85. The molecule has 3 rings (SSSR count). The van der Waals surface area contributed by atoms with E-state index in [2.05, 4.69) is 5.32 Å². The highest BCUT2D eigenvalue weighted by Crippen LogP contribution is 2.21. The van der Waals surface area contributed by atoms with E-state index >= 15 is 0 Å². The number of carbonyl (C=O) groups excluding carboxylic acids is 2. The number of para-hydroxylation sites is 1. The van der Waals surface area contributed by atoms with Gasteiger partial charge >= 0.3 is 0 Å². The second-order valence-corrected chi connectivity index (χ2v) is 10.8. The number of amides is 2. The zero-order valence-corrected chi connectivity index (χ0v) is 20.5. The van der Waals surface area contributed by atoms with E-state index in [1.54, 1.807) is 61.5 Å². The Morgan fingerprint density at radius 1 is 1.06 bits per heavy atom. The Kier molecular flexibility index (Phi) is 8.37. The van der Waals surface area contributed by atoms with Crippen molar-refractivity contribution in [1.82, 2.24) is 10.2 Å². The maximum Gasteiger partial charge on any atom is 0.244 e. The molecule has 1 aliphatic carbocycles. The van der Waals surface area contributed by atoms with Gasteiger partial charge in [0.2, 0.25) is 21.8 Å². The van der Waals surface area contributed by atoms with Crippen molar-refractivity contribution >= 4 is 39.1 Å². The summed E-state index contributed by atoms with van der Waals surface area (Å²) in [7, 11) is -3.72. The molecule has 0 bridgehead atoms. The van der Waals surface area contributed by atoms with Gasteiger partial charge in [-0.2, -0.15) is 0 Å². The molecular weight excluding hydrogens is 462 g/mol. The number of nitrogens with zero attached hydrogens (tertiary/aromatic N) is 2. The average molecular weight is 492 g/mol. The van der Waals surface area contributed by atoms with E-state index < -0.39 is 28.5 Å². The number of sulfonamides is 1. The maximum atomic E-state index is 13.4. The second kappa shape index (κ2) is 11.0. The number of halogens is 1. The summed E-state index contributed by atoms with van der Waals surface area (Å²) in [5.41, 5.74) is 1.18. The lowest BCUT2D eigenvalue weighted by Crippen LogP contribution is -2.52. The summed E-state index contributed by atoms with van der Waals surface area (Å²) in [6.07, 6.45) is 5.08. The van der Waals surface area contributed by atoms with E-state index in [1.165, 1.54) is 4.90 Å². The molecule has 0 saturated heterocycles. The van der Waals surface area contributed by atoms with E-state index in [0.717, 1.165) is 41.8 Å². The van der Waals surface area contributed by atoms with E-state index in [9.17, 15) is 18.0 Å². The molecule has 1 N–H and O–H groups in total. The fourth-order valence-corrected chi connectivity index (χ4v) is 4.94. The molecule has 1 fully saturated rings. The second-order valence-electron chi connectivity index (χ2n) is 8.42. The number of carbonyl (C=O) groups is 2. The molecule has 9 heteroatoms. The van der Waals surface area contributed by atoms with Crippen LogP contribution in [-0.2, 0) is 26.2 Å². The van der Waals surface area contributed by atoms with Gasteiger partial charge in [0.25, 0.3) is 0 Å². The van der Waals surface area contributed by atoms with Gasteiger partial charge < -0.3 is 10.2 Å². The highest BCUT2D eigenvalue weighted by molar-refractivity contribution is 7.92. The summed E-state index contributed by atoms with van der Waals surface area (Å²) in [4.78, 5) is 27.9. The third-order valence-electron chi connectivity index (χ3n) is 5.86. The molecule has 33 heavy (non-hydrogen) atoms. The first kappa shape index (κ1) is 25.1. The van der Waals surface area contributed by atoms with Crippen molar-refractivity contribution in [2.45, 2.75) is 51.2 Å². The standard InChI is InChI=1S/C24H30ClN3O4S/c1-18(24(30)26-21-8-6-7-9-21)27(16-19-12-14-20(25)15-13-19)23(29)17-28(33(2,31)32)22-10-4-3-5-11-22/h3-5,10-15,18,21H,6-9,16-17H2,1-2H3,(H,26,30)/t18-/m1/s1. The molecule has 0 aliphatic heterocycles. The predicted molar refractivity (Wildman–Crippen MR) is 130 cm³/mol. The van der Waals surface area contributed by atoms with Gasteiger partial charge in [-0.1, -0.05) is 54.8 Å². The molecule has 2 aromatic carbocycles. The van der Waals surface area contributed by atoms with Crippen LogP contribution in [0.4, 0.5) is 5.69 Å². The monoisotopic (exact) mass is 491 g/mol. The minimum Gasteiger partial charge on any atom is -0.352 e. The number of hydrogen-bond acceptors (Lipinski definition) is 4. The van der Waals surface area contributed by atoms with Gasteiger partial charge in [0.15, 0.2) is 0 Å². The summed E-state index contributed by atoms with van der Waals surface area (Å²) in [5, 5.41) is 3.60. The van der Waals surface area contributed by atoms with Gasteiger partial charge in [0, 0.05) is 17.6 Å². The fourth-order valence-electron chi connectivity index (χ4n) is 3.97. The third kappa shape index (κ3) is 6.95. The summed E-state index contributed by atoms with van der Waals surface area (Å²) in [6, 6.07) is 14.8. The highest BCUT2D eigenvalue weighted by Gasteiger charge is 2.31. The van der Waals surface area contributed by atoms with Crippen LogP contribution in [0, 0.1) is 0 Å². The van der Waals surface area contributed by atoms with Gasteiger partial charge in [0.1, 0.15) is 12.6 Å². The molecule has 2 amide bonds. The SMILES string of the molecule is C[C@H](C(=O)NC1CCCC1)N(Cc1ccc(Cl)cc1)C(=O)CN(c1ccccc1)S(C)(=O)=O. The van der Waals surface area contributed by atoms with Crippen LogP contribution < -0.4 is 9.62 Å².